The average Bonchev–Trinajstić information content (AvgIpc) is 3.17. The Labute approximate surface area is 199 Å². The SMILES string of the molecule is CN1CCCCCC(=O)N2CCN(CC2)c2ncnc3c2C(C=Nc2cccc(c2)C1)C(=O)N3. The van der Waals surface area contributed by atoms with Gasteiger partial charge in [0.25, 0.3) is 0 Å². The van der Waals surface area contributed by atoms with Gasteiger partial charge < -0.3 is 20.0 Å². The number of piperazine rings is 1. The van der Waals surface area contributed by atoms with Gasteiger partial charge in [-0.2, -0.15) is 0 Å². The molecule has 4 aliphatic heterocycles. The van der Waals surface area contributed by atoms with Crippen LogP contribution in [0.25, 0.3) is 0 Å². The van der Waals surface area contributed by atoms with E-state index in [1.165, 1.54) is 11.9 Å². The van der Waals surface area contributed by atoms with Gasteiger partial charge in [0, 0.05) is 45.4 Å². The van der Waals surface area contributed by atoms with Crippen LogP contribution in [0.2, 0.25) is 0 Å². The number of anilines is 2. The zero-order valence-electron chi connectivity index (χ0n) is 19.6. The first-order chi connectivity index (χ1) is 16.6. The maximum atomic E-state index is 12.8. The van der Waals surface area contributed by atoms with E-state index in [4.69, 9.17) is 0 Å². The number of hydrogen-bond donors (Lipinski definition) is 1. The summed E-state index contributed by atoms with van der Waals surface area (Å²) in [6.45, 7) is 4.50. The van der Waals surface area contributed by atoms with Gasteiger partial charge in [-0.3, -0.25) is 14.6 Å². The lowest BCUT2D eigenvalue weighted by Crippen LogP contribution is -2.49. The van der Waals surface area contributed by atoms with Crippen molar-refractivity contribution < 1.29 is 9.59 Å². The molecule has 2 amide bonds. The standard InChI is InChI=1S/C25H31N7O2/c1-30-9-4-2-3-8-21(33)31-10-12-32(13-11-31)24-22-20(25(34)29-23(22)27-17-28-24)15-26-19-7-5-6-18(14-19)16-30/h5-7,14-15,17,20H,2-4,8-13,16H2,1H3,(H,27,28,29,34). The first-order valence-corrected chi connectivity index (χ1v) is 12.1. The van der Waals surface area contributed by atoms with Crippen LogP contribution in [0.1, 0.15) is 42.7 Å². The van der Waals surface area contributed by atoms with E-state index in [-0.39, 0.29) is 11.8 Å². The summed E-state index contributed by atoms with van der Waals surface area (Å²) >= 11 is 0. The zero-order valence-corrected chi connectivity index (χ0v) is 19.6. The third kappa shape index (κ3) is 4.79. The summed E-state index contributed by atoms with van der Waals surface area (Å²) in [5, 5.41) is 2.88. The van der Waals surface area contributed by atoms with Crippen LogP contribution in [0, 0.1) is 0 Å². The molecule has 1 atom stereocenters. The molecule has 1 fully saturated rings. The van der Waals surface area contributed by atoms with Crippen molar-refractivity contribution >= 4 is 35.4 Å². The number of hydrogen-bond acceptors (Lipinski definition) is 7. The minimum Gasteiger partial charge on any atom is -0.353 e. The molecule has 9 nitrogen and oxygen atoms in total. The van der Waals surface area contributed by atoms with Crippen LogP contribution in [0.4, 0.5) is 17.3 Å². The van der Waals surface area contributed by atoms with Crippen molar-refractivity contribution in [1.29, 1.82) is 0 Å². The number of rotatable bonds is 0. The number of aliphatic imine (C=N–C) groups is 1. The molecule has 178 valence electrons. The van der Waals surface area contributed by atoms with E-state index in [9.17, 15) is 9.59 Å². The number of amides is 2. The summed E-state index contributed by atoms with van der Waals surface area (Å²) in [5.74, 6) is 0.822. The van der Waals surface area contributed by atoms with E-state index in [0.29, 0.717) is 38.4 Å². The molecule has 0 spiro atoms. The summed E-state index contributed by atoms with van der Waals surface area (Å²) in [5.41, 5.74) is 2.77. The molecule has 4 aliphatic rings. The van der Waals surface area contributed by atoms with Crippen LogP contribution in [0.5, 0.6) is 0 Å². The molecule has 1 N–H and O–H groups in total. The van der Waals surface area contributed by atoms with Gasteiger partial charge in [-0.25, -0.2) is 9.97 Å². The molecule has 1 saturated heterocycles. The van der Waals surface area contributed by atoms with Crippen molar-refractivity contribution in [2.75, 3.05) is 50.0 Å². The lowest BCUT2D eigenvalue weighted by Gasteiger charge is -2.36. The maximum Gasteiger partial charge on any atom is 0.238 e. The topological polar surface area (TPSA) is 94.0 Å². The Hall–Kier alpha value is -3.33. The summed E-state index contributed by atoms with van der Waals surface area (Å²) in [6, 6.07) is 8.13. The summed E-state index contributed by atoms with van der Waals surface area (Å²) in [4.78, 5) is 45.4. The highest BCUT2D eigenvalue weighted by Gasteiger charge is 2.36. The fourth-order valence-corrected chi connectivity index (χ4v) is 4.94. The van der Waals surface area contributed by atoms with Gasteiger partial charge in [-0.15, -0.1) is 0 Å². The lowest BCUT2D eigenvalue weighted by atomic mass is 10.0. The van der Waals surface area contributed by atoms with E-state index in [0.717, 1.165) is 49.4 Å². The van der Waals surface area contributed by atoms with Gasteiger partial charge in [0.1, 0.15) is 23.9 Å². The number of aromatic nitrogens is 2. The Morgan fingerprint density at radius 2 is 1.79 bits per heavy atom. The first kappa shape index (κ1) is 22.5. The quantitative estimate of drug-likeness (QED) is 0.648. The van der Waals surface area contributed by atoms with Gasteiger partial charge in [-0.05, 0) is 44.1 Å². The number of nitrogens with one attached hydrogen (secondary N) is 1. The second kappa shape index (κ2) is 9.89. The molecular weight excluding hydrogens is 430 g/mol. The molecular formula is C25H31N7O2. The number of benzene rings is 1. The Balaban J connectivity index is 1.46. The van der Waals surface area contributed by atoms with Gasteiger partial charge in [0.05, 0.1) is 11.3 Å². The molecule has 6 rings (SSSR count). The number of fused-ring (bicyclic) bond motifs is 9. The van der Waals surface area contributed by atoms with Gasteiger partial charge in [-0.1, -0.05) is 18.6 Å². The smallest absolute Gasteiger partial charge is 0.238 e. The monoisotopic (exact) mass is 461 g/mol. The maximum absolute atomic E-state index is 12.8. The lowest BCUT2D eigenvalue weighted by molar-refractivity contribution is -0.131. The third-order valence-electron chi connectivity index (χ3n) is 6.80. The Kier molecular flexibility index (Phi) is 6.53. The number of carbonyl (C=O) groups is 2. The van der Waals surface area contributed by atoms with Gasteiger partial charge in [0.15, 0.2) is 0 Å². The highest BCUT2D eigenvalue weighted by Crippen LogP contribution is 2.37. The average molecular weight is 462 g/mol. The molecule has 1 aromatic heterocycles. The molecule has 9 heteroatoms. The van der Waals surface area contributed by atoms with E-state index in [1.807, 2.05) is 17.0 Å². The van der Waals surface area contributed by atoms with Crippen LogP contribution in [0.15, 0.2) is 35.6 Å². The summed E-state index contributed by atoms with van der Waals surface area (Å²) < 4.78 is 0. The van der Waals surface area contributed by atoms with Crippen molar-refractivity contribution in [1.82, 2.24) is 19.8 Å². The van der Waals surface area contributed by atoms with Crippen LogP contribution in [-0.4, -0.2) is 77.6 Å². The first-order valence-electron chi connectivity index (χ1n) is 12.1. The van der Waals surface area contributed by atoms with E-state index in [1.54, 1.807) is 6.21 Å². The predicted octanol–water partition coefficient (Wildman–Crippen LogP) is 2.57. The second-order valence-electron chi connectivity index (χ2n) is 9.29. The van der Waals surface area contributed by atoms with Crippen molar-refractivity contribution in [3.05, 3.63) is 41.7 Å². The second-order valence-corrected chi connectivity index (χ2v) is 9.29. The fourth-order valence-electron chi connectivity index (χ4n) is 4.94. The molecule has 1 aromatic carbocycles. The minimum atomic E-state index is -0.553. The van der Waals surface area contributed by atoms with Gasteiger partial charge >= 0.3 is 0 Å². The van der Waals surface area contributed by atoms with Crippen molar-refractivity contribution in [2.24, 2.45) is 4.99 Å². The Bertz CT molecular complexity index is 1090. The van der Waals surface area contributed by atoms with Crippen molar-refractivity contribution in [2.45, 2.75) is 38.1 Å². The number of carbonyl (C=O) groups excluding carboxylic acids is 2. The highest BCUT2D eigenvalue weighted by molar-refractivity contribution is 6.13. The molecule has 1 unspecified atom stereocenters. The zero-order chi connectivity index (χ0) is 23.5. The molecule has 0 aliphatic carbocycles. The summed E-state index contributed by atoms with van der Waals surface area (Å²) in [7, 11) is 2.12. The van der Waals surface area contributed by atoms with Crippen molar-refractivity contribution in [3.63, 3.8) is 0 Å². The molecule has 0 saturated carbocycles. The van der Waals surface area contributed by atoms with Crippen LogP contribution in [-0.2, 0) is 16.1 Å². The fraction of sp³-hybridized carbons (Fsp3) is 0.480. The van der Waals surface area contributed by atoms with Crippen LogP contribution >= 0.6 is 0 Å². The van der Waals surface area contributed by atoms with Crippen molar-refractivity contribution in [3.8, 4) is 0 Å². The molecule has 0 radical (unpaired) electrons. The number of nitrogens with zero attached hydrogens (tertiary/aromatic N) is 6. The van der Waals surface area contributed by atoms with Gasteiger partial charge in [0.2, 0.25) is 11.8 Å². The Morgan fingerprint density at radius 3 is 2.65 bits per heavy atom. The van der Waals surface area contributed by atoms with Crippen LogP contribution < -0.4 is 10.2 Å². The minimum absolute atomic E-state index is 0.146. The molecule has 4 bridgehead atoms. The largest absolute Gasteiger partial charge is 0.353 e. The molecule has 5 heterocycles. The van der Waals surface area contributed by atoms with E-state index in [2.05, 4.69) is 49.3 Å². The van der Waals surface area contributed by atoms with Crippen LogP contribution in [0.3, 0.4) is 0 Å². The normalized spacial score (nSPS) is 22.0. The Morgan fingerprint density at radius 1 is 0.971 bits per heavy atom. The van der Waals surface area contributed by atoms with E-state index >= 15 is 0 Å². The third-order valence-corrected chi connectivity index (χ3v) is 6.80. The van der Waals surface area contributed by atoms with E-state index < -0.39 is 5.92 Å². The molecule has 34 heavy (non-hydrogen) atoms. The molecule has 2 aromatic rings. The predicted molar refractivity (Wildman–Crippen MR) is 132 cm³/mol. The summed E-state index contributed by atoms with van der Waals surface area (Å²) in [6.07, 6.45) is 6.84. The highest BCUT2D eigenvalue weighted by atomic mass is 16.2.